The number of aliphatic carboxylic acids is 1. The van der Waals surface area contributed by atoms with Crippen molar-refractivity contribution in [3.05, 3.63) is 24.3 Å². The standard InChI is InChI=1S/C49H92NO10P/c1-3-5-7-9-11-13-15-17-19-20-21-22-23-24-25-26-27-28-30-32-34-36-38-40-47(52)50-46(49(54)55)44-60-61(56,57)59-43-45(51)42-58-48(53)41-39-37-35-33-31-29-18-16-14-12-10-8-6-4-2/h16-19,45-46,51H,3-15,20-44H2,1-2H3,(H,50,52)(H,54,55)(H,56,57)/b18-16-,19-17+. The number of esters is 1. The molecule has 4 N–H and O–H groups in total. The molecule has 0 aliphatic carbocycles. The number of allylic oxidation sites excluding steroid dienone is 4. The number of carbonyl (C=O) groups excluding carboxylic acids is 2. The highest BCUT2D eigenvalue weighted by Gasteiger charge is 2.28. The number of phosphoric acid groups is 1. The van der Waals surface area contributed by atoms with Crippen molar-refractivity contribution in [2.45, 2.75) is 251 Å². The Bertz CT molecular complexity index is 1130. The fourth-order valence-corrected chi connectivity index (χ4v) is 7.84. The third kappa shape index (κ3) is 44.4. The fraction of sp³-hybridized carbons (Fsp3) is 0.857. The van der Waals surface area contributed by atoms with Crippen LogP contribution >= 0.6 is 7.82 Å². The van der Waals surface area contributed by atoms with Gasteiger partial charge in [-0.15, -0.1) is 0 Å². The molecule has 0 saturated carbocycles. The van der Waals surface area contributed by atoms with Gasteiger partial charge in [0.05, 0.1) is 13.2 Å². The predicted molar refractivity (Wildman–Crippen MR) is 249 cm³/mol. The Morgan fingerprint density at radius 2 is 0.852 bits per heavy atom. The Kier molecular flexibility index (Phi) is 43.1. The Morgan fingerprint density at radius 3 is 1.25 bits per heavy atom. The lowest BCUT2D eigenvalue weighted by Crippen LogP contribution is -2.43. The molecule has 0 saturated heterocycles. The molecule has 12 heteroatoms. The number of amides is 1. The number of nitrogens with one attached hydrogen (secondary N) is 1. The number of carbonyl (C=O) groups is 3. The number of rotatable bonds is 47. The second kappa shape index (κ2) is 44.6. The second-order valence-corrected chi connectivity index (χ2v) is 18.5. The van der Waals surface area contributed by atoms with Gasteiger partial charge in [-0.25, -0.2) is 9.36 Å². The van der Waals surface area contributed by atoms with Crippen LogP contribution in [0.25, 0.3) is 0 Å². The van der Waals surface area contributed by atoms with Crippen molar-refractivity contribution in [2.75, 3.05) is 19.8 Å². The average Bonchev–Trinajstić information content (AvgIpc) is 3.24. The van der Waals surface area contributed by atoms with E-state index in [1.807, 2.05) is 0 Å². The fourth-order valence-electron chi connectivity index (χ4n) is 7.07. The third-order valence-electron chi connectivity index (χ3n) is 11.0. The van der Waals surface area contributed by atoms with Gasteiger partial charge in [-0.1, -0.05) is 186 Å². The summed E-state index contributed by atoms with van der Waals surface area (Å²) in [5, 5.41) is 21.9. The van der Waals surface area contributed by atoms with E-state index < -0.39 is 57.6 Å². The summed E-state index contributed by atoms with van der Waals surface area (Å²) in [5.41, 5.74) is 0. The SMILES string of the molecule is CCCCCCC/C=C\CCCCCCCC(=O)OCC(O)COP(=O)(O)OCC(NC(=O)CCCCCCCCCCCCCCC/C=C/CCCCCCCC)C(=O)O. The molecule has 3 unspecified atom stereocenters. The van der Waals surface area contributed by atoms with Crippen LogP contribution in [0, 0.1) is 0 Å². The van der Waals surface area contributed by atoms with Crippen molar-refractivity contribution in [1.29, 1.82) is 0 Å². The van der Waals surface area contributed by atoms with Crippen molar-refractivity contribution >= 4 is 25.7 Å². The van der Waals surface area contributed by atoms with Gasteiger partial charge in [0.15, 0.2) is 6.04 Å². The van der Waals surface area contributed by atoms with E-state index in [4.69, 9.17) is 13.8 Å². The molecule has 0 bridgehead atoms. The molecular formula is C49H92NO10P. The lowest BCUT2D eigenvalue weighted by molar-refractivity contribution is -0.147. The normalized spacial score (nSPS) is 13.8. The first-order chi connectivity index (χ1) is 29.6. The Labute approximate surface area is 372 Å². The van der Waals surface area contributed by atoms with Gasteiger partial charge in [0.2, 0.25) is 5.91 Å². The van der Waals surface area contributed by atoms with E-state index in [0.29, 0.717) is 12.8 Å². The maximum absolute atomic E-state index is 12.4. The quantitative estimate of drug-likeness (QED) is 0.0200. The van der Waals surface area contributed by atoms with Crippen LogP contribution in [0.4, 0.5) is 0 Å². The van der Waals surface area contributed by atoms with Gasteiger partial charge in [0.1, 0.15) is 12.7 Å². The molecule has 0 aliphatic rings. The van der Waals surface area contributed by atoms with Gasteiger partial charge in [-0.2, -0.15) is 0 Å². The molecule has 0 heterocycles. The van der Waals surface area contributed by atoms with Gasteiger partial charge in [0.25, 0.3) is 0 Å². The summed E-state index contributed by atoms with van der Waals surface area (Å²) in [6.07, 6.45) is 47.7. The molecule has 11 nitrogen and oxygen atoms in total. The Morgan fingerprint density at radius 1 is 0.508 bits per heavy atom. The first-order valence-corrected chi connectivity index (χ1v) is 26.4. The van der Waals surface area contributed by atoms with Crippen LogP contribution in [0.15, 0.2) is 24.3 Å². The molecule has 1 amide bonds. The van der Waals surface area contributed by atoms with Gasteiger partial charge in [0, 0.05) is 12.8 Å². The maximum Gasteiger partial charge on any atom is 0.472 e. The van der Waals surface area contributed by atoms with Crippen LogP contribution in [-0.2, 0) is 32.7 Å². The minimum Gasteiger partial charge on any atom is -0.480 e. The molecule has 0 aromatic heterocycles. The summed E-state index contributed by atoms with van der Waals surface area (Å²) >= 11 is 0. The zero-order valence-corrected chi connectivity index (χ0v) is 39.9. The molecule has 358 valence electrons. The molecular weight excluding hydrogens is 794 g/mol. The zero-order valence-electron chi connectivity index (χ0n) is 39.0. The van der Waals surface area contributed by atoms with E-state index in [-0.39, 0.29) is 12.8 Å². The largest absolute Gasteiger partial charge is 0.480 e. The topological polar surface area (TPSA) is 169 Å². The summed E-state index contributed by atoms with van der Waals surface area (Å²) in [6, 6.07) is -1.55. The molecule has 0 fully saturated rings. The number of carboxylic acid groups (broad SMARTS) is 1. The van der Waals surface area contributed by atoms with Crippen LogP contribution in [0.3, 0.4) is 0 Å². The molecule has 0 aromatic carbocycles. The summed E-state index contributed by atoms with van der Waals surface area (Å²) in [4.78, 5) is 46.0. The van der Waals surface area contributed by atoms with Gasteiger partial charge in [-0.05, 0) is 64.2 Å². The van der Waals surface area contributed by atoms with Crippen molar-refractivity contribution in [2.24, 2.45) is 0 Å². The molecule has 0 radical (unpaired) electrons. The third-order valence-corrected chi connectivity index (χ3v) is 11.9. The van der Waals surface area contributed by atoms with Crippen molar-refractivity contribution in [3.63, 3.8) is 0 Å². The van der Waals surface area contributed by atoms with E-state index in [1.54, 1.807) is 0 Å². The van der Waals surface area contributed by atoms with E-state index >= 15 is 0 Å². The van der Waals surface area contributed by atoms with E-state index in [1.165, 1.54) is 141 Å². The van der Waals surface area contributed by atoms with E-state index in [2.05, 4.69) is 43.5 Å². The highest BCUT2D eigenvalue weighted by molar-refractivity contribution is 7.47. The average molecular weight is 886 g/mol. The first kappa shape index (κ1) is 59.0. The lowest BCUT2D eigenvalue weighted by Gasteiger charge is -2.18. The van der Waals surface area contributed by atoms with Crippen LogP contribution in [0.1, 0.15) is 239 Å². The molecule has 0 spiro atoms. The molecule has 0 aliphatic heterocycles. The summed E-state index contributed by atoms with van der Waals surface area (Å²) in [6.45, 7) is 2.60. The highest BCUT2D eigenvalue weighted by Crippen LogP contribution is 2.43. The molecule has 3 atom stereocenters. The summed E-state index contributed by atoms with van der Waals surface area (Å²) < 4.78 is 26.9. The van der Waals surface area contributed by atoms with Crippen molar-refractivity contribution in [1.82, 2.24) is 5.32 Å². The van der Waals surface area contributed by atoms with Gasteiger partial charge >= 0.3 is 19.8 Å². The summed E-state index contributed by atoms with van der Waals surface area (Å²) in [5.74, 6) is -2.37. The number of hydrogen-bond donors (Lipinski definition) is 4. The monoisotopic (exact) mass is 886 g/mol. The summed E-state index contributed by atoms with van der Waals surface area (Å²) in [7, 11) is -4.76. The Balaban J connectivity index is 3.82. The number of phosphoric ester groups is 1. The minimum atomic E-state index is -4.76. The first-order valence-electron chi connectivity index (χ1n) is 24.9. The maximum atomic E-state index is 12.4. The van der Waals surface area contributed by atoms with Crippen LogP contribution in [0.5, 0.6) is 0 Å². The smallest absolute Gasteiger partial charge is 0.472 e. The van der Waals surface area contributed by atoms with Gasteiger partial charge < -0.3 is 25.2 Å². The molecule has 0 aromatic rings. The van der Waals surface area contributed by atoms with E-state index in [0.717, 1.165) is 57.8 Å². The second-order valence-electron chi connectivity index (χ2n) is 17.0. The molecule has 61 heavy (non-hydrogen) atoms. The highest BCUT2D eigenvalue weighted by atomic mass is 31.2. The minimum absolute atomic E-state index is 0.147. The number of aliphatic hydroxyl groups excluding tert-OH is 1. The van der Waals surface area contributed by atoms with Crippen LogP contribution < -0.4 is 5.32 Å². The Hall–Kier alpha value is -2.04. The number of unbranched alkanes of at least 4 members (excludes halogenated alkanes) is 29. The number of carboxylic acids is 1. The van der Waals surface area contributed by atoms with Crippen molar-refractivity contribution < 1.29 is 47.8 Å². The number of aliphatic hydroxyl groups is 1. The van der Waals surface area contributed by atoms with Gasteiger partial charge in [-0.3, -0.25) is 18.6 Å². The number of ether oxygens (including phenoxy) is 1. The lowest BCUT2D eigenvalue weighted by atomic mass is 10.0. The van der Waals surface area contributed by atoms with Crippen LogP contribution in [-0.4, -0.2) is 64.9 Å². The number of hydrogen-bond acceptors (Lipinski definition) is 8. The van der Waals surface area contributed by atoms with Crippen molar-refractivity contribution in [3.8, 4) is 0 Å². The predicted octanol–water partition coefficient (Wildman–Crippen LogP) is 13.4. The zero-order chi connectivity index (χ0) is 44.9. The van der Waals surface area contributed by atoms with Crippen LogP contribution in [0.2, 0.25) is 0 Å². The molecule has 0 rings (SSSR count). The van der Waals surface area contributed by atoms with E-state index in [9.17, 15) is 34.1 Å².